The smallest absolute Gasteiger partial charge is 0.387 e. The van der Waals surface area contributed by atoms with Gasteiger partial charge in [0, 0.05) is 0 Å². The monoisotopic (exact) mass is 369 g/mol. The third-order valence-electron chi connectivity index (χ3n) is 2.59. The maximum absolute atomic E-state index is 13.5. The van der Waals surface area contributed by atoms with Crippen molar-refractivity contribution in [3.8, 4) is 5.75 Å². The van der Waals surface area contributed by atoms with Gasteiger partial charge < -0.3 is 4.74 Å². The van der Waals surface area contributed by atoms with Crippen LogP contribution in [0.25, 0.3) is 0 Å². The van der Waals surface area contributed by atoms with Crippen molar-refractivity contribution >= 4 is 27.3 Å². The summed E-state index contributed by atoms with van der Waals surface area (Å²) in [7, 11) is -4.57. The predicted molar refractivity (Wildman–Crippen MR) is 75.3 cm³/mol. The SMILES string of the molecule is O=S(=O)(Nc1ccc(OC(F)F)c(Cl)c1)c1c(F)cccc1F. The van der Waals surface area contributed by atoms with Gasteiger partial charge in [-0.1, -0.05) is 17.7 Å². The minimum Gasteiger partial charge on any atom is -0.433 e. The van der Waals surface area contributed by atoms with Crippen LogP contribution in [0.15, 0.2) is 41.3 Å². The van der Waals surface area contributed by atoms with Gasteiger partial charge in [0.05, 0.1) is 10.7 Å². The van der Waals surface area contributed by atoms with Gasteiger partial charge in [0.1, 0.15) is 17.4 Å². The van der Waals surface area contributed by atoms with Crippen LogP contribution >= 0.6 is 11.6 Å². The van der Waals surface area contributed by atoms with Crippen molar-refractivity contribution < 1.29 is 30.7 Å². The Kier molecular flexibility index (Phi) is 5.00. The number of anilines is 1. The Morgan fingerprint density at radius 2 is 1.70 bits per heavy atom. The molecule has 0 aliphatic heterocycles. The van der Waals surface area contributed by atoms with E-state index in [1.807, 2.05) is 4.72 Å². The van der Waals surface area contributed by atoms with Crippen molar-refractivity contribution in [2.24, 2.45) is 0 Å². The number of alkyl halides is 2. The Hall–Kier alpha value is -2.00. The molecular weight excluding hydrogens is 362 g/mol. The molecule has 0 spiro atoms. The fourth-order valence-corrected chi connectivity index (χ4v) is 3.12. The molecule has 0 aliphatic rings. The number of nitrogens with one attached hydrogen (secondary N) is 1. The summed E-state index contributed by atoms with van der Waals surface area (Å²) in [6, 6.07) is 5.59. The molecule has 0 fully saturated rings. The lowest BCUT2D eigenvalue weighted by Crippen LogP contribution is -2.16. The number of hydrogen-bond acceptors (Lipinski definition) is 3. The maximum atomic E-state index is 13.5. The Balaban J connectivity index is 2.33. The number of ether oxygens (including phenoxy) is 1. The van der Waals surface area contributed by atoms with E-state index in [2.05, 4.69) is 4.74 Å². The summed E-state index contributed by atoms with van der Waals surface area (Å²) in [6.45, 7) is -3.11. The lowest BCUT2D eigenvalue weighted by atomic mass is 10.3. The highest BCUT2D eigenvalue weighted by Crippen LogP contribution is 2.30. The van der Waals surface area contributed by atoms with E-state index >= 15 is 0 Å². The second-order valence-corrected chi connectivity index (χ2v) is 6.21. The summed E-state index contributed by atoms with van der Waals surface area (Å²) >= 11 is 5.67. The van der Waals surface area contributed by atoms with Gasteiger partial charge in [0.15, 0.2) is 4.90 Å². The van der Waals surface area contributed by atoms with Crippen LogP contribution in [0.5, 0.6) is 5.75 Å². The molecule has 0 aliphatic carbocycles. The second-order valence-electron chi connectivity index (χ2n) is 4.18. The van der Waals surface area contributed by atoms with Crippen molar-refractivity contribution in [1.82, 2.24) is 0 Å². The standard InChI is InChI=1S/C13H8ClF4NO3S/c14-8-6-7(4-5-11(8)22-13(17)18)19-23(20,21)12-9(15)2-1-3-10(12)16/h1-6,13,19H. The zero-order valence-electron chi connectivity index (χ0n) is 11.1. The van der Waals surface area contributed by atoms with Crippen LogP contribution in [0.4, 0.5) is 23.2 Å². The van der Waals surface area contributed by atoms with E-state index in [1.54, 1.807) is 0 Å². The molecule has 2 aromatic carbocycles. The molecular formula is C13H8ClF4NO3S. The Morgan fingerprint density at radius 1 is 1.09 bits per heavy atom. The van der Waals surface area contributed by atoms with Crippen LogP contribution in [0.1, 0.15) is 0 Å². The fraction of sp³-hybridized carbons (Fsp3) is 0.0769. The molecule has 23 heavy (non-hydrogen) atoms. The Labute approximate surface area is 133 Å². The van der Waals surface area contributed by atoms with Gasteiger partial charge in [-0.2, -0.15) is 8.78 Å². The van der Waals surface area contributed by atoms with Gasteiger partial charge in [-0.05, 0) is 30.3 Å². The molecule has 2 aromatic rings. The van der Waals surface area contributed by atoms with Crippen LogP contribution in [-0.4, -0.2) is 15.0 Å². The van der Waals surface area contributed by atoms with Crippen molar-refractivity contribution in [3.05, 3.63) is 53.1 Å². The first-order valence-corrected chi connectivity index (χ1v) is 7.78. The molecule has 124 valence electrons. The molecule has 2 rings (SSSR count). The van der Waals surface area contributed by atoms with Crippen molar-refractivity contribution in [2.45, 2.75) is 11.5 Å². The van der Waals surface area contributed by atoms with Crippen molar-refractivity contribution in [1.29, 1.82) is 0 Å². The van der Waals surface area contributed by atoms with Crippen LogP contribution in [-0.2, 0) is 10.0 Å². The highest BCUT2D eigenvalue weighted by molar-refractivity contribution is 7.92. The average Bonchev–Trinajstić information content (AvgIpc) is 2.40. The zero-order valence-corrected chi connectivity index (χ0v) is 12.6. The van der Waals surface area contributed by atoms with Crippen molar-refractivity contribution in [3.63, 3.8) is 0 Å². The molecule has 0 atom stereocenters. The number of rotatable bonds is 5. The molecule has 0 saturated heterocycles. The second kappa shape index (κ2) is 6.63. The summed E-state index contributed by atoms with van der Waals surface area (Å²) in [5, 5.41) is -0.306. The van der Waals surface area contributed by atoms with E-state index in [1.165, 1.54) is 0 Å². The van der Waals surface area contributed by atoms with Gasteiger partial charge in [0.25, 0.3) is 10.0 Å². The van der Waals surface area contributed by atoms with Gasteiger partial charge in [-0.3, -0.25) is 4.72 Å². The molecule has 0 aromatic heterocycles. The summed E-state index contributed by atoms with van der Waals surface area (Å²) in [4.78, 5) is -1.16. The molecule has 1 N–H and O–H groups in total. The first-order chi connectivity index (χ1) is 10.7. The van der Waals surface area contributed by atoms with E-state index in [-0.39, 0.29) is 16.5 Å². The third kappa shape index (κ3) is 4.05. The molecule has 0 saturated carbocycles. The molecule has 0 bridgehead atoms. The lowest BCUT2D eigenvalue weighted by Gasteiger charge is -2.11. The van der Waals surface area contributed by atoms with Crippen LogP contribution in [0.3, 0.4) is 0 Å². The highest BCUT2D eigenvalue weighted by atomic mass is 35.5. The molecule has 10 heteroatoms. The van der Waals surface area contributed by atoms with E-state index in [0.717, 1.165) is 36.4 Å². The Bertz CT molecular complexity index is 810. The third-order valence-corrected chi connectivity index (χ3v) is 4.32. The van der Waals surface area contributed by atoms with Crippen LogP contribution in [0, 0.1) is 11.6 Å². The fourth-order valence-electron chi connectivity index (χ4n) is 1.70. The molecule has 0 amide bonds. The summed E-state index contributed by atoms with van der Waals surface area (Å²) in [6.07, 6.45) is 0. The van der Waals surface area contributed by atoms with Gasteiger partial charge in [-0.15, -0.1) is 0 Å². The summed E-state index contributed by atoms with van der Waals surface area (Å²) in [5.74, 6) is -2.93. The number of hydrogen-bond donors (Lipinski definition) is 1. The highest BCUT2D eigenvalue weighted by Gasteiger charge is 2.24. The lowest BCUT2D eigenvalue weighted by molar-refractivity contribution is -0.0497. The number of benzene rings is 2. The van der Waals surface area contributed by atoms with Crippen LogP contribution < -0.4 is 9.46 Å². The van der Waals surface area contributed by atoms with Gasteiger partial charge >= 0.3 is 6.61 Å². The number of halogens is 5. The quantitative estimate of drug-likeness (QED) is 0.810. The van der Waals surface area contributed by atoms with E-state index in [0.29, 0.717) is 0 Å². The van der Waals surface area contributed by atoms with Crippen molar-refractivity contribution in [2.75, 3.05) is 4.72 Å². The maximum Gasteiger partial charge on any atom is 0.387 e. The van der Waals surface area contributed by atoms with E-state index in [9.17, 15) is 26.0 Å². The summed E-state index contributed by atoms with van der Waals surface area (Å²) < 4.78 is 81.4. The predicted octanol–water partition coefficient (Wildman–Crippen LogP) is 4.02. The summed E-state index contributed by atoms with van der Waals surface area (Å²) in [5.41, 5.74) is -0.181. The average molecular weight is 370 g/mol. The molecule has 0 radical (unpaired) electrons. The van der Waals surface area contributed by atoms with E-state index < -0.39 is 33.2 Å². The zero-order chi connectivity index (χ0) is 17.2. The van der Waals surface area contributed by atoms with Gasteiger partial charge in [0.2, 0.25) is 0 Å². The largest absolute Gasteiger partial charge is 0.433 e. The first-order valence-electron chi connectivity index (χ1n) is 5.92. The Morgan fingerprint density at radius 3 is 2.22 bits per heavy atom. The topological polar surface area (TPSA) is 55.4 Å². The van der Waals surface area contributed by atoms with Crippen LogP contribution in [0.2, 0.25) is 5.02 Å². The molecule has 0 unspecified atom stereocenters. The van der Waals surface area contributed by atoms with E-state index in [4.69, 9.17) is 11.6 Å². The normalized spacial score (nSPS) is 11.6. The minimum atomic E-state index is -4.57. The first kappa shape index (κ1) is 17.4. The molecule has 4 nitrogen and oxygen atoms in total. The van der Waals surface area contributed by atoms with Gasteiger partial charge in [-0.25, -0.2) is 17.2 Å². The molecule has 0 heterocycles. The number of sulfonamides is 1. The minimum absolute atomic E-state index is 0.181.